The summed E-state index contributed by atoms with van der Waals surface area (Å²) >= 11 is 0. The van der Waals surface area contributed by atoms with Crippen molar-refractivity contribution < 1.29 is 23.6 Å². The first-order valence-electron chi connectivity index (χ1n) is 7.60. The van der Waals surface area contributed by atoms with Crippen molar-refractivity contribution in [2.75, 3.05) is 14.2 Å². The minimum Gasteiger partial charge on any atom is -0.468 e. The Balaban J connectivity index is 1.74. The third-order valence-corrected chi connectivity index (χ3v) is 4.55. The highest BCUT2D eigenvalue weighted by molar-refractivity contribution is 6.00. The van der Waals surface area contributed by atoms with E-state index in [1.54, 1.807) is 16.9 Å². The molecule has 2 heterocycles. The molecule has 0 bridgehead atoms. The molecule has 2 aromatic heterocycles. The van der Waals surface area contributed by atoms with Gasteiger partial charge in [-0.25, -0.2) is 4.68 Å². The van der Waals surface area contributed by atoms with Crippen LogP contribution in [0.15, 0.2) is 23.0 Å². The zero-order valence-corrected chi connectivity index (χ0v) is 13.5. The van der Waals surface area contributed by atoms with Crippen LogP contribution in [0.25, 0.3) is 11.4 Å². The van der Waals surface area contributed by atoms with Crippen molar-refractivity contribution in [3.05, 3.63) is 18.5 Å². The summed E-state index contributed by atoms with van der Waals surface area (Å²) in [4.78, 5) is 24.2. The summed E-state index contributed by atoms with van der Waals surface area (Å²) < 4.78 is 16.2. The number of carbonyl (C=O) groups excluding carboxylic acids is 2. The quantitative estimate of drug-likeness (QED) is 0.609. The molecular formula is C15H18N4O5. The molecule has 9 nitrogen and oxygen atoms in total. The second-order valence-electron chi connectivity index (χ2n) is 5.76. The van der Waals surface area contributed by atoms with E-state index in [-0.39, 0.29) is 6.04 Å². The number of hydrogen-bond acceptors (Lipinski definition) is 8. The summed E-state index contributed by atoms with van der Waals surface area (Å²) in [5, 5.41) is 12.0. The van der Waals surface area contributed by atoms with Crippen molar-refractivity contribution in [3.8, 4) is 11.4 Å². The maximum atomic E-state index is 12.1. The van der Waals surface area contributed by atoms with Crippen molar-refractivity contribution in [1.29, 1.82) is 0 Å². The molecule has 1 aliphatic rings. The van der Waals surface area contributed by atoms with E-state index >= 15 is 0 Å². The lowest BCUT2D eigenvalue weighted by atomic mass is 9.72. The Hall–Kier alpha value is -2.71. The summed E-state index contributed by atoms with van der Waals surface area (Å²) in [6.45, 7) is 0. The first kappa shape index (κ1) is 16.2. The van der Waals surface area contributed by atoms with Gasteiger partial charge in [-0.2, -0.15) is 0 Å². The second-order valence-corrected chi connectivity index (χ2v) is 5.76. The third-order valence-electron chi connectivity index (χ3n) is 4.55. The van der Waals surface area contributed by atoms with E-state index in [2.05, 4.69) is 15.5 Å². The normalized spacial score (nSPS) is 17.4. The van der Waals surface area contributed by atoms with Crippen LogP contribution in [0.4, 0.5) is 0 Å². The van der Waals surface area contributed by atoms with Gasteiger partial charge < -0.3 is 14.0 Å². The van der Waals surface area contributed by atoms with Gasteiger partial charge in [0.25, 0.3) is 0 Å². The van der Waals surface area contributed by atoms with Gasteiger partial charge in [-0.15, -0.1) is 5.10 Å². The molecule has 0 radical (unpaired) electrons. The van der Waals surface area contributed by atoms with Crippen LogP contribution in [-0.2, 0) is 19.1 Å². The molecule has 24 heavy (non-hydrogen) atoms. The molecule has 0 unspecified atom stereocenters. The number of rotatable bonds is 4. The Morgan fingerprint density at radius 2 is 1.88 bits per heavy atom. The fraction of sp³-hybridized carbons (Fsp3) is 0.533. The van der Waals surface area contributed by atoms with Crippen LogP contribution in [0, 0.1) is 5.41 Å². The van der Waals surface area contributed by atoms with E-state index in [9.17, 15) is 9.59 Å². The van der Waals surface area contributed by atoms with Crippen LogP contribution in [0.1, 0.15) is 31.7 Å². The summed E-state index contributed by atoms with van der Waals surface area (Å²) in [6, 6.07) is 1.75. The van der Waals surface area contributed by atoms with Gasteiger partial charge in [0.1, 0.15) is 17.7 Å². The molecule has 0 aliphatic heterocycles. The number of esters is 2. The highest BCUT2D eigenvalue weighted by atomic mass is 16.5. The zero-order valence-electron chi connectivity index (χ0n) is 13.5. The fourth-order valence-corrected chi connectivity index (χ4v) is 3.16. The monoisotopic (exact) mass is 334 g/mol. The lowest BCUT2D eigenvalue weighted by Gasteiger charge is -2.35. The van der Waals surface area contributed by atoms with E-state index in [0.29, 0.717) is 37.1 Å². The van der Waals surface area contributed by atoms with Gasteiger partial charge in [-0.05, 0) is 25.7 Å². The van der Waals surface area contributed by atoms with Crippen LogP contribution in [-0.4, -0.2) is 46.3 Å². The number of carbonyl (C=O) groups is 2. The van der Waals surface area contributed by atoms with Gasteiger partial charge in [-0.1, -0.05) is 10.4 Å². The highest BCUT2D eigenvalue weighted by Crippen LogP contribution is 2.42. The molecule has 3 rings (SSSR count). The molecule has 2 aromatic rings. The van der Waals surface area contributed by atoms with Crippen LogP contribution in [0.3, 0.4) is 0 Å². The first-order valence-corrected chi connectivity index (χ1v) is 7.60. The highest BCUT2D eigenvalue weighted by Gasteiger charge is 2.50. The molecule has 0 amide bonds. The van der Waals surface area contributed by atoms with E-state index in [4.69, 9.17) is 14.0 Å². The van der Waals surface area contributed by atoms with E-state index in [0.717, 1.165) is 0 Å². The van der Waals surface area contributed by atoms with E-state index < -0.39 is 17.4 Å². The minimum atomic E-state index is -1.23. The van der Waals surface area contributed by atoms with Crippen LogP contribution >= 0.6 is 0 Å². The summed E-state index contributed by atoms with van der Waals surface area (Å²) in [6.07, 6.45) is 5.12. The summed E-state index contributed by atoms with van der Waals surface area (Å²) in [5.41, 5.74) is -0.00717. The predicted molar refractivity (Wildman–Crippen MR) is 79.5 cm³/mol. The predicted octanol–water partition coefficient (Wildman–Crippen LogP) is 1.38. The van der Waals surface area contributed by atoms with Gasteiger partial charge >= 0.3 is 11.9 Å². The summed E-state index contributed by atoms with van der Waals surface area (Å²) in [5.74, 6) is -1.09. The molecule has 1 saturated carbocycles. The Kier molecular flexibility index (Phi) is 4.32. The lowest BCUT2D eigenvalue weighted by molar-refractivity contribution is -0.172. The molecule has 9 heteroatoms. The molecule has 0 atom stereocenters. The fourth-order valence-electron chi connectivity index (χ4n) is 3.16. The molecule has 1 aliphatic carbocycles. The third kappa shape index (κ3) is 2.66. The molecular weight excluding hydrogens is 316 g/mol. The molecule has 1 fully saturated rings. The van der Waals surface area contributed by atoms with Crippen LogP contribution in [0.5, 0.6) is 0 Å². The Labute approximate surface area is 137 Å². The number of hydrogen-bond donors (Lipinski definition) is 0. The van der Waals surface area contributed by atoms with Gasteiger partial charge in [-0.3, -0.25) is 9.59 Å². The average Bonchev–Trinajstić information content (AvgIpc) is 3.31. The second kappa shape index (κ2) is 6.42. The summed E-state index contributed by atoms with van der Waals surface area (Å²) in [7, 11) is 2.56. The van der Waals surface area contributed by atoms with Gasteiger partial charge in [0, 0.05) is 6.07 Å². The van der Waals surface area contributed by atoms with Gasteiger partial charge in [0.2, 0.25) is 0 Å². The minimum absolute atomic E-state index is 0.0422. The number of aromatic nitrogens is 4. The topological polar surface area (TPSA) is 109 Å². The zero-order chi connectivity index (χ0) is 17.2. The maximum Gasteiger partial charge on any atom is 0.323 e. The molecule has 128 valence electrons. The molecule has 0 aromatic carbocycles. The maximum absolute atomic E-state index is 12.1. The van der Waals surface area contributed by atoms with Gasteiger partial charge in [0.15, 0.2) is 5.41 Å². The molecule has 0 saturated heterocycles. The molecule has 0 spiro atoms. The largest absolute Gasteiger partial charge is 0.468 e. The Bertz CT molecular complexity index is 698. The smallest absolute Gasteiger partial charge is 0.323 e. The number of methoxy groups -OCH3 is 2. The van der Waals surface area contributed by atoms with Crippen molar-refractivity contribution in [3.63, 3.8) is 0 Å². The first-order chi connectivity index (χ1) is 11.6. The lowest BCUT2D eigenvalue weighted by Crippen LogP contribution is -2.44. The Morgan fingerprint density at radius 3 is 2.42 bits per heavy atom. The van der Waals surface area contributed by atoms with Crippen molar-refractivity contribution in [2.45, 2.75) is 31.7 Å². The van der Waals surface area contributed by atoms with Gasteiger partial charge in [0.05, 0.1) is 26.5 Å². The van der Waals surface area contributed by atoms with Crippen molar-refractivity contribution in [1.82, 2.24) is 20.2 Å². The average molecular weight is 334 g/mol. The number of ether oxygens (including phenoxy) is 2. The van der Waals surface area contributed by atoms with Crippen molar-refractivity contribution >= 4 is 11.9 Å². The Morgan fingerprint density at radius 1 is 1.21 bits per heavy atom. The van der Waals surface area contributed by atoms with Crippen molar-refractivity contribution in [2.24, 2.45) is 5.41 Å². The SMILES string of the molecule is COC(=O)C1(C(=O)OC)CCC(n2cc(-c3ccon3)nn2)CC1. The number of nitrogens with zero attached hydrogens (tertiary/aromatic N) is 4. The standard InChI is InChI=1S/C15H18N4O5/c1-22-13(20)15(14(21)23-2)6-3-10(4-7-15)19-9-12(16-18-19)11-5-8-24-17-11/h5,8-10H,3-4,6-7H2,1-2H3. The van der Waals surface area contributed by atoms with Crippen LogP contribution in [0.2, 0.25) is 0 Å². The molecule has 0 N–H and O–H groups in total. The van der Waals surface area contributed by atoms with E-state index in [1.807, 2.05) is 0 Å². The van der Waals surface area contributed by atoms with E-state index in [1.165, 1.54) is 20.5 Å². The van der Waals surface area contributed by atoms with Crippen LogP contribution < -0.4 is 0 Å².